The molecule has 0 spiro atoms. The number of hydrogen-bond donors (Lipinski definition) is 6. The number of ether oxygens (including phenoxy) is 2. The molecule has 1 aliphatic rings. The molecule has 1 saturated heterocycles. The van der Waals surface area contributed by atoms with Crippen LogP contribution in [-0.2, 0) is 14.3 Å². The van der Waals surface area contributed by atoms with E-state index in [4.69, 9.17) is 9.47 Å². The lowest BCUT2D eigenvalue weighted by atomic mass is 9.99. The Morgan fingerprint density at radius 1 is 0.486 bits per heavy atom. The minimum Gasteiger partial charge on any atom is -0.394 e. The van der Waals surface area contributed by atoms with E-state index < -0.39 is 49.5 Å². The third-order valence-corrected chi connectivity index (χ3v) is 13.4. The number of nitrogens with one attached hydrogen (secondary N) is 1. The molecule has 0 aliphatic carbocycles. The van der Waals surface area contributed by atoms with Gasteiger partial charge in [-0.05, 0) is 89.9 Å². The zero-order valence-electron chi connectivity index (χ0n) is 45.9. The Kier molecular flexibility index (Phi) is 48.1. The largest absolute Gasteiger partial charge is 0.394 e. The first-order chi connectivity index (χ1) is 35.3. The Morgan fingerprint density at radius 3 is 1.33 bits per heavy atom. The first-order valence-electron chi connectivity index (χ1n) is 29.5. The molecule has 1 amide bonds. The van der Waals surface area contributed by atoms with Gasteiger partial charge in [0.05, 0.1) is 25.4 Å². The van der Waals surface area contributed by atoms with Crippen LogP contribution in [0.5, 0.6) is 0 Å². The van der Waals surface area contributed by atoms with Crippen molar-refractivity contribution in [1.82, 2.24) is 5.32 Å². The fourth-order valence-electron chi connectivity index (χ4n) is 8.74. The van der Waals surface area contributed by atoms with E-state index in [2.05, 4.69) is 104 Å². The molecule has 0 radical (unpaired) electrons. The van der Waals surface area contributed by atoms with Crippen LogP contribution in [0.3, 0.4) is 0 Å². The minimum absolute atomic E-state index is 0.197. The second-order valence-electron chi connectivity index (χ2n) is 20.0. The van der Waals surface area contributed by atoms with Gasteiger partial charge < -0.3 is 40.3 Å². The lowest BCUT2D eigenvalue weighted by Crippen LogP contribution is -2.60. The average Bonchev–Trinajstić information content (AvgIpc) is 3.38. The molecule has 72 heavy (non-hydrogen) atoms. The zero-order valence-corrected chi connectivity index (χ0v) is 45.9. The second-order valence-corrected chi connectivity index (χ2v) is 20.0. The monoisotopic (exact) mass is 1010 g/mol. The van der Waals surface area contributed by atoms with Gasteiger partial charge in [-0.25, -0.2) is 0 Å². The van der Waals surface area contributed by atoms with Gasteiger partial charge in [0, 0.05) is 6.42 Å². The molecule has 1 fully saturated rings. The fraction of sp³-hybridized carbons (Fsp3) is 0.730. The number of amides is 1. The molecule has 6 N–H and O–H groups in total. The predicted molar refractivity (Wildman–Crippen MR) is 304 cm³/mol. The number of aliphatic hydroxyl groups is 5. The summed E-state index contributed by atoms with van der Waals surface area (Å²) in [6, 6.07) is -0.837. The van der Waals surface area contributed by atoms with Crippen LogP contribution in [-0.4, -0.2) is 87.5 Å². The lowest BCUT2D eigenvalue weighted by molar-refractivity contribution is -0.302. The summed E-state index contributed by atoms with van der Waals surface area (Å²) < 4.78 is 11.3. The van der Waals surface area contributed by atoms with Crippen LogP contribution in [0, 0.1) is 0 Å². The Bertz CT molecular complexity index is 1450. The van der Waals surface area contributed by atoms with Gasteiger partial charge in [0.25, 0.3) is 0 Å². The molecule has 7 atom stereocenters. The summed E-state index contributed by atoms with van der Waals surface area (Å²) in [5.41, 5.74) is 0. The van der Waals surface area contributed by atoms with E-state index in [0.29, 0.717) is 6.42 Å². The molecule has 9 nitrogen and oxygen atoms in total. The summed E-state index contributed by atoms with van der Waals surface area (Å²) in [5, 5.41) is 54.5. The van der Waals surface area contributed by atoms with E-state index in [1.807, 2.05) is 6.08 Å². The second kappa shape index (κ2) is 51.6. The van der Waals surface area contributed by atoms with Gasteiger partial charge in [-0.2, -0.15) is 0 Å². The normalized spacial score (nSPS) is 19.9. The number of carbonyl (C=O) groups excluding carboxylic acids is 1. The van der Waals surface area contributed by atoms with Crippen molar-refractivity contribution < 1.29 is 39.8 Å². The van der Waals surface area contributed by atoms with E-state index in [9.17, 15) is 30.3 Å². The predicted octanol–water partition coefficient (Wildman–Crippen LogP) is 14.8. The van der Waals surface area contributed by atoms with Crippen LogP contribution in [0.1, 0.15) is 239 Å². The highest BCUT2D eigenvalue weighted by atomic mass is 16.7. The zero-order chi connectivity index (χ0) is 52.2. The summed E-state index contributed by atoms with van der Waals surface area (Å²) in [4.78, 5) is 13.1. The van der Waals surface area contributed by atoms with Crippen molar-refractivity contribution in [2.45, 2.75) is 281 Å². The van der Waals surface area contributed by atoms with E-state index in [0.717, 1.165) is 89.9 Å². The first-order valence-corrected chi connectivity index (χ1v) is 29.5. The van der Waals surface area contributed by atoms with Crippen molar-refractivity contribution >= 4 is 5.91 Å². The van der Waals surface area contributed by atoms with E-state index >= 15 is 0 Å². The molecule has 1 aliphatic heterocycles. The molecule has 0 saturated carbocycles. The number of allylic oxidation sites excluding steroid dienone is 15. The molecular formula is C63H109NO8. The molecular weight excluding hydrogens is 899 g/mol. The van der Waals surface area contributed by atoms with Gasteiger partial charge in [0.2, 0.25) is 5.91 Å². The van der Waals surface area contributed by atoms with E-state index in [1.54, 1.807) is 6.08 Å². The number of aliphatic hydroxyl groups excluding tert-OH is 5. The smallest absolute Gasteiger partial charge is 0.220 e. The van der Waals surface area contributed by atoms with Gasteiger partial charge in [-0.15, -0.1) is 0 Å². The fourth-order valence-corrected chi connectivity index (χ4v) is 8.74. The highest BCUT2D eigenvalue weighted by Crippen LogP contribution is 2.23. The van der Waals surface area contributed by atoms with Crippen LogP contribution < -0.4 is 5.32 Å². The van der Waals surface area contributed by atoms with Crippen molar-refractivity contribution in [2.24, 2.45) is 0 Å². The van der Waals surface area contributed by atoms with Gasteiger partial charge in [-0.1, -0.05) is 239 Å². The Morgan fingerprint density at radius 2 is 0.875 bits per heavy atom. The Labute approximate surface area is 441 Å². The third-order valence-electron chi connectivity index (χ3n) is 13.4. The molecule has 0 aromatic carbocycles. The van der Waals surface area contributed by atoms with E-state index in [-0.39, 0.29) is 12.5 Å². The molecule has 0 aromatic rings. The van der Waals surface area contributed by atoms with Crippen LogP contribution in [0.25, 0.3) is 0 Å². The van der Waals surface area contributed by atoms with Gasteiger partial charge >= 0.3 is 0 Å². The summed E-state index contributed by atoms with van der Waals surface area (Å²) in [6.07, 6.45) is 67.5. The van der Waals surface area contributed by atoms with Crippen molar-refractivity contribution in [3.63, 3.8) is 0 Å². The third kappa shape index (κ3) is 40.5. The molecule has 0 bridgehead atoms. The van der Waals surface area contributed by atoms with E-state index in [1.165, 1.54) is 128 Å². The van der Waals surface area contributed by atoms with Crippen LogP contribution in [0.2, 0.25) is 0 Å². The van der Waals surface area contributed by atoms with Gasteiger partial charge in [0.15, 0.2) is 6.29 Å². The van der Waals surface area contributed by atoms with Gasteiger partial charge in [-0.3, -0.25) is 4.79 Å². The lowest BCUT2D eigenvalue weighted by Gasteiger charge is -2.40. The van der Waals surface area contributed by atoms with Gasteiger partial charge in [0.1, 0.15) is 24.4 Å². The SMILES string of the molecule is CC/C=C\C/C=C\C/C=C\C/C=C\C/C=C\CCCCCCCCCCCCCC(=O)NC(COC1OC(CO)C(O)C(O)C1O)C(O)/C=C/CC/C=C/CC/C=C/CCCCCCCCCCCCCC. The van der Waals surface area contributed by atoms with Crippen molar-refractivity contribution in [3.8, 4) is 0 Å². The Hall–Kier alpha value is -2.89. The Balaban J connectivity index is 2.26. The minimum atomic E-state index is -1.58. The molecule has 414 valence electrons. The summed E-state index contributed by atoms with van der Waals surface area (Å²) in [6.45, 7) is 3.65. The topological polar surface area (TPSA) is 149 Å². The van der Waals surface area contributed by atoms with Crippen molar-refractivity contribution in [1.29, 1.82) is 0 Å². The molecule has 1 heterocycles. The first kappa shape index (κ1) is 67.1. The quantitative estimate of drug-likeness (QED) is 0.0261. The maximum absolute atomic E-state index is 13.1. The number of rotatable bonds is 49. The van der Waals surface area contributed by atoms with Crippen LogP contribution in [0.15, 0.2) is 97.2 Å². The highest BCUT2D eigenvalue weighted by molar-refractivity contribution is 5.76. The summed E-state index contributed by atoms with van der Waals surface area (Å²) >= 11 is 0. The van der Waals surface area contributed by atoms with Crippen LogP contribution in [0.4, 0.5) is 0 Å². The number of hydrogen-bond acceptors (Lipinski definition) is 8. The average molecular weight is 1010 g/mol. The molecule has 7 unspecified atom stereocenters. The molecule has 1 rings (SSSR count). The summed E-state index contributed by atoms with van der Waals surface area (Å²) in [5.74, 6) is -0.197. The van der Waals surface area contributed by atoms with Crippen LogP contribution >= 0.6 is 0 Å². The molecule has 9 heteroatoms. The number of carbonyl (C=O) groups is 1. The van der Waals surface area contributed by atoms with Crippen molar-refractivity contribution in [2.75, 3.05) is 13.2 Å². The summed E-state index contributed by atoms with van der Waals surface area (Å²) in [7, 11) is 0. The standard InChI is InChI=1S/C63H109NO8/c1-3-5-7-9-11-13-15-17-19-21-23-25-27-28-29-30-31-33-35-37-39-41-43-45-47-49-51-53-59(67)64-56(55-71-63-62(70)61(69)60(68)58(54-65)72-63)57(66)52-50-48-46-44-42-40-38-36-34-32-26-24-22-20-18-16-14-12-10-8-6-4-2/h5,7,11,13,17,19,23,25,28-29,34,36,42,44,50,52,56-58,60-63,65-66,68-70H,3-4,6,8-10,12,14-16,18,20-22,24,26-27,30-33,35,37-41,43,45-49,51,53-55H2,1-2H3,(H,64,67)/b7-5-,13-11-,19-17-,25-23-,29-28-,36-34+,44-42+,52-50+. The maximum Gasteiger partial charge on any atom is 0.220 e. The maximum atomic E-state index is 13.1. The van der Waals surface area contributed by atoms with Crippen molar-refractivity contribution in [3.05, 3.63) is 97.2 Å². The highest BCUT2D eigenvalue weighted by Gasteiger charge is 2.44. The molecule has 0 aromatic heterocycles. The number of unbranched alkanes of at least 4 members (excludes halogenated alkanes) is 25.